The molecular formula is C10H11Cl2NO2. The molecule has 15 heavy (non-hydrogen) atoms. The summed E-state index contributed by atoms with van der Waals surface area (Å²) in [5.41, 5.74) is 0.538. The average molecular weight is 248 g/mol. The summed E-state index contributed by atoms with van der Waals surface area (Å²) in [4.78, 5) is 11.5. The summed E-state index contributed by atoms with van der Waals surface area (Å²) < 4.78 is 4.60. The van der Waals surface area contributed by atoms with Crippen LogP contribution in [0.1, 0.15) is 16.8 Å². The molecule has 0 aromatic heterocycles. The number of Topliss-reactive ketones (excluding diaryl/α,β-unsaturated/α-hetero) is 1. The van der Waals surface area contributed by atoms with E-state index in [-0.39, 0.29) is 30.5 Å². The van der Waals surface area contributed by atoms with Crippen LogP contribution in [0, 0.1) is 5.41 Å². The van der Waals surface area contributed by atoms with Gasteiger partial charge in [0.1, 0.15) is 0 Å². The van der Waals surface area contributed by atoms with E-state index in [0.29, 0.717) is 10.6 Å². The quantitative estimate of drug-likeness (QED) is 0.508. The molecule has 0 aliphatic rings. The van der Waals surface area contributed by atoms with Gasteiger partial charge >= 0.3 is 0 Å². The molecule has 0 aliphatic heterocycles. The fraction of sp³-hybridized carbons (Fsp3) is 0.200. The third-order valence-corrected chi connectivity index (χ3v) is 1.99. The van der Waals surface area contributed by atoms with E-state index in [1.54, 1.807) is 24.3 Å². The lowest BCUT2D eigenvalue weighted by molar-refractivity contribution is 0.0994. The highest BCUT2D eigenvalue weighted by molar-refractivity contribution is 6.30. The molecule has 0 atom stereocenters. The number of halogens is 2. The SMILES string of the molecule is COC(=N)CC(=O)c1ccc(Cl)cc1.Cl. The minimum Gasteiger partial charge on any atom is -0.484 e. The normalized spacial score (nSPS) is 8.93. The van der Waals surface area contributed by atoms with E-state index in [0.717, 1.165) is 0 Å². The van der Waals surface area contributed by atoms with Gasteiger partial charge in [-0.2, -0.15) is 0 Å². The van der Waals surface area contributed by atoms with Gasteiger partial charge in [-0.25, -0.2) is 0 Å². The van der Waals surface area contributed by atoms with Crippen molar-refractivity contribution in [3.05, 3.63) is 34.9 Å². The van der Waals surface area contributed by atoms with Crippen molar-refractivity contribution in [2.45, 2.75) is 6.42 Å². The molecule has 0 saturated heterocycles. The Labute approximate surface area is 99.3 Å². The van der Waals surface area contributed by atoms with Crippen molar-refractivity contribution in [2.75, 3.05) is 7.11 Å². The summed E-state index contributed by atoms with van der Waals surface area (Å²) in [6, 6.07) is 6.55. The zero-order valence-corrected chi connectivity index (χ0v) is 9.69. The van der Waals surface area contributed by atoms with Gasteiger partial charge in [0, 0.05) is 10.6 Å². The highest BCUT2D eigenvalue weighted by Gasteiger charge is 2.08. The second kappa shape index (κ2) is 6.43. The third-order valence-electron chi connectivity index (χ3n) is 1.73. The molecule has 0 spiro atoms. The molecule has 1 N–H and O–H groups in total. The lowest BCUT2D eigenvalue weighted by atomic mass is 10.1. The summed E-state index contributed by atoms with van der Waals surface area (Å²) in [5, 5.41) is 7.78. The Morgan fingerprint density at radius 3 is 2.40 bits per heavy atom. The van der Waals surface area contributed by atoms with Gasteiger partial charge in [-0.15, -0.1) is 12.4 Å². The summed E-state index contributed by atoms with van der Waals surface area (Å²) in [7, 11) is 1.37. The number of ketones is 1. The smallest absolute Gasteiger partial charge is 0.188 e. The Morgan fingerprint density at radius 2 is 1.93 bits per heavy atom. The third kappa shape index (κ3) is 4.32. The fourth-order valence-electron chi connectivity index (χ4n) is 0.956. The molecule has 5 heteroatoms. The van der Waals surface area contributed by atoms with Crippen LogP contribution in [-0.2, 0) is 4.74 Å². The first-order chi connectivity index (χ1) is 6.63. The van der Waals surface area contributed by atoms with Gasteiger partial charge in [0.15, 0.2) is 11.7 Å². The Hall–Kier alpha value is -1.06. The van der Waals surface area contributed by atoms with Crippen molar-refractivity contribution in [1.29, 1.82) is 5.41 Å². The van der Waals surface area contributed by atoms with E-state index in [9.17, 15) is 4.79 Å². The largest absolute Gasteiger partial charge is 0.484 e. The van der Waals surface area contributed by atoms with E-state index in [1.165, 1.54) is 7.11 Å². The first-order valence-corrected chi connectivity index (χ1v) is 4.41. The number of hydrogen-bond acceptors (Lipinski definition) is 3. The number of methoxy groups -OCH3 is 1. The maximum absolute atomic E-state index is 11.5. The van der Waals surface area contributed by atoms with Crippen molar-refractivity contribution in [2.24, 2.45) is 0 Å². The topological polar surface area (TPSA) is 50.1 Å². The minimum absolute atomic E-state index is 0. The Bertz CT molecular complexity index is 349. The fourth-order valence-corrected chi connectivity index (χ4v) is 1.08. The van der Waals surface area contributed by atoms with Gasteiger partial charge in [0.2, 0.25) is 0 Å². The van der Waals surface area contributed by atoms with Crippen molar-refractivity contribution in [1.82, 2.24) is 0 Å². The van der Waals surface area contributed by atoms with E-state index in [2.05, 4.69) is 4.74 Å². The maximum Gasteiger partial charge on any atom is 0.188 e. The summed E-state index contributed by atoms with van der Waals surface area (Å²) in [6.07, 6.45) is -0.0157. The Kier molecular flexibility index (Phi) is 5.97. The number of ether oxygens (including phenoxy) is 1. The van der Waals surface area contributed by atoms with E-state index >= 15 is 0 Å². The predicted octanol–water partition coefficient (Wildman–Crippen LogP) is 2.96. The van der Waals surface area contributed by atoms with Gasteiger partial charge in [-0.05, 0) is 24.3 Å². The van der Waals surface area contributed by atoms with Crippen LogP contribution in [-0.4, -0.2) is 18.8 Å². The molecule has 0 heterocycles. The standard InChI is InChI=1S/C10H10ClNO2.ClH/c1-14-10(12)6-9(13)7-2-4-8(11)5-3-7;/h2-5,12H,6H2,1H3;1H. The lowest BCUT2D eigenvalue weighted by Crippen LogP contribution is -2.08. The molecule has 0 saturated carbocycles. The van der Waals surface area contributed by atoms with Crippen LogP contribution in [0.3, 0.4) is 0 Å². The summed E-state index contributed by atoms with van der Waals surface area (Å²) in [5.74, 6) is -0.182. The van der Waals surface area contributed by atoms with Crippen molar-refractivity contribution < 1.29 is 9.53 Å². The lowest BCUT2D eigenvalue weighted by Gasteiger charge is -2.01. The number of rotatable bonds is 3. The summed E-state index contributed by atoms with van der Waals surface area (Å²) >= 11 is 5.67. The number of hydrogen-bond donors (Lipinski definition) is 1. The molecule has 1 rings (SSSR count). The number of carbonyl (C=O) groups excluding carboxylic acids is 1. The summed E-state index contributed by atoms with van der Waals surface area (Å²) in [6.45, 7) is 0. The van der Waals surface area contributed by atoms with Gasteiger partial charge in [0.05, 0.1) is 13.5 Å². The van der Waals surface area contributed by atoms with Crippen molar-refractivity contribution in [3.8, 4) is 0 Å². The van der Waals surface area contributed by atoms with Gasteiger partial charge in [-0.1, -0.05) is 11.6 Å². The molecule has 0 bridgehead atoms. The van der Waals surface area contributed by atoms with E-state index in [4.69, 9.17) is 17.0 Å². The number of nitrogens with one attached hydrogen (secondary N) is 1. The maximum atomic E-state index is 11.5. The van der Waals surface area contributed by atoms with Crippen LogP contribution in [0.15, 0.2) is 24.3 Å². The van der Waals surface area contributed by atoms with Crippen LogP contribution in [0.5, 0.6) is 0 Å². The van der Waals surface area contributed by atoms with E-state index in [1.807, 2.05) is 0 Å². The van der Waals surface area contributed by atoms with Crippen LogP contribution in [0.2, 0.25) is 5.02 Å². The zero-order valence-electron chi connectivity index (χ0n) is 8.12. The molecule has 3 nitrogen and oxygen atoms in total. The average Bonchev–Trinajstić information content (AvgIpc) is 2.18. The molecule has 1 aromatic carbocycles. The van der Waals surface area contributed by atoms with Crippen LogP contribution in [0.4, 0.5) is 0 Å². The molecule has 0 fully saturated rings. The van der Waals surface area contributed by atoms with Crippen molar-refractivity contribution in [3.63, 3.8) is 0 Å². The second-order valence-electron chi connectivity index (χ2n) is 2.73. The zero-order chi connectivity index (χ0) is 10.6. The van der Waals surface area contributed by atoms with Crippen molar-refractivity contribution >= 4 is 35.7 Å². The van der Waals surface area contributed by atoms with Gasteiger partial charge in [0.25, 0.3) is 0 Å². The van der Waals surface area contributed by atoms with Crippen LogP contribution < -0.4 is 0 Å². The Morgan fingerprint density at radius 1 is 1.40 bits per heavy atom. The molecule has 0 radical (unpaired) electrons. The number of carbonyl (C=O) groups is 1. The first kappa shape index (κ1) is 13.9. The van der Waals surface area contributed by atoms with E-state index < -0.39 is 0 Å². The first-order valence-electron chi connectivity index (χ1n) is 4.03. The van der Waals surface area contributed by atoms with Crippen LogP contribution >= 0.6 is 24.0 Å². The molecule has 0 amide bonds. The second-order valence-corrected chi connectivity index (χ2v) is 3.17. The molecule has 1 aromatic rings. The predicted molar refractivity (Wildman–Crippen MR) is 62.4 cm³/mol. The van der Waals surface area contributed by atoms with Crippen LogP contribution in [0.25, 0.3) is 0 Å². The van der Waals surface area contributed by atoms with Gasteiger partial charge < -0.3 is 4.74 Å². The van der Waals surface area contributed by atoms with Gasteiger partial charge in [-0.3, -0.25) is 10.2 Å². The highest BCUT2D eigenvalue weighted by atomic mass is 35.5. The number of benzene rings is 1. The monoisotopic (exact) mass is 247 g/mol. The molecular weight excluding hydrogens is 237 g/mol. The Balaban J connectivity index is 0.00000196. The minimum atomic E-state index is -0.145. The molecule has 0 aliphatic carbocycles. The highest BCUT2D eigenvalue weighted by Crippen LogP contribution is 2.11. The molecule has 0 unspecified atom stereocenters. The molecule has 82 valence electrons.